The molecule has 0 amide bonds. The highest BCUT2D eigenvalue weighted by molar-refractivity contribution is 14.0. The molecule has 2 unspecified atom stereocenters. The predicted octanol–water partition coefficient (Wildman–Crippen LogP) is 1.76. The SMILES string of the molecule is CN=C(NCCN1CCSCC1)NCC1(C)CCCCC1O.I. The Morgan fingerprint density at radius 3 is 2.70 bits per heavy atom. The molecule has 0 radical (unpaired) electrons. The molecule has 1 saturated carbocycles. The number of guanidine groups is 1. The summed E-state index contributed by atoms with van der Waals surface area (Å²) in [6.45, 7) is 7.35. The second-order valence-electron chi connectivity index (χ2n) is 6.72. The zero-order valence-corrected chi connectivity index (χ0v) is 17.7. The third-order valence-electron chi connectivity index (χ3n) is 4.99. The molecule has 0 spiro atoms. The maximum absolute atomic E-state index is 10.3. The minimum atomic E-state index is -0.197. The fourth-order valence-electron chi connectivity index (χ4n) is 3.25. The van der Waals surface area contributed by atoms with Crippen LogP contribution in [-0.4, -0.2) is 73.3 Å². The number of nitrogens with one attached hydrogen (secondary N) is 2. The lowest BCUT2D eigenvalue weighted by Gasteiger charge is -2.38. The fourth-order valence-corrected chi connectivity index (χ4v) is 4.23. The van der Waals surface area contributed by atoms with E-state index in [1.807, 2.05) is 18.8 Å². The standard InChI is InChI=1S/C16H32N4OS.HI/c1-16(6-4-3-5-14(16)21)13-19-15(17-2)18-7-8-20-9-11-22-12-10-20;/h14,21H,3-13H2,1-2H3,(H2,17,18,19);1H. The van der Waals surface area contributed by atoms with Crippen molar-refractivity contribution in [2.24, 2.45) is 10.4 Å². The number of halogens is 1. The van der Waals surface area contributed by atoms with Gasteiger partial charge in [-0.1, -0.05) is 19.8 Å². The maximum atomic E-state index is 10.3. The lowest BCUT2D eigenvalue weighted by atomic mass is 9.73. The van der Waals surface area contributed by atoms with Gasteiger partial charge in [0.1, 0.15) is 0 Å². The molecule has 3 N–H and O–H groups in total. The first-order chi connectivity index (χ1) is 10.6. The summed E-state index contributed by atoms with van der Waals surface area (Å²) in [7, 11) is 1.81. The van der Waals surface area contributed by atoms with Crippen LogP contribution < -0.4 is 10.6 Å². The Morgan fingerprint density at radius 2 is 2.04 bits per heavy atom. The molecular formula is C16H33IN4OS. The first-order valence-corrected chi connectivity index (χ1v) is 9.72. The summed E-state index contributed by atoms with van der Waals surface area (Å²) in [5, 5.41) is 17.1. The smallest absolute Gasteiger partial charge is 0.191 e. The molecule has 1 saturated heterocycles. The molecule has 2 rings (SSSR count). The Morgan fingerprint density at radius 1 is 1.30 bits per heavy atom. The molecule has 7 heteroatoms. The van der Waals surface area contributed by atoms with Gasteiger partial charge in [-0.05, 0) is 12.8 Å². The number of aliphatic imine (C=N–C) groups is 1. The van der Waals surface area contributed by atoms with Gasteiger partial charge in [0.05, 0.1) is 6.10 Å². The summed E-state index contributed by atoms with van der Waals surface area (Å²) in [5.41, 5.74) is -0.0278. The van der Waals surface area contributed by atoms with Gasteiger partial charge < -0.3 is 15.7 Å². The quantitative estimate of drug-likeness (QED) is 0.335. The second-order valence-corrected chi connectivity index (χ2v) is 7.95. The van der Waals surface area contributed by atoms with Gasteiger partial charge in [0.25, 0.3) is 0 Å². The minimum absolute atomic E-state index is 0. The lowest BCUT2D eigenvalue weighted by Crippen LogP contribution is -2.49. The van der Waals surface area contributed by atoms with Crippen LogP contribution in [-0.2, 0) is 0 Å². The summed E-state index contributed by atoms with van der Waals surface area (Å²) in [5.74, 6) is 3.36. The van der Waals surface area contributed by atoms with Crippen LogP contribution in [0.15, 0.2) is 4.99 Å². The van der Waals surface area contributed by atoms with Gasteiger partial charge in [-0.3, -0.25) is 9.89 Å². The van der Waals surface area contributed by atoms with Crippen LogP contribution in [0, 0.1) is 5.41 Å². The van der Waals surface area contributed by atoms with Gasteiger partial charge >= 0.3 is 0 Å². The molecule has 2 aliphatic rings. The summed E-state index contributed by atoms with van der Waals surface area (Å²) >= 11 is 2.04. The van der Waals surface area contributed by atoms with E-state index in [4.69, 9.17) is 0 Å². The molecule has 2 fully saturated rings. The first kappa shape index (κ1) is 21.3. The van der Waals surface area contributed by atoms with Gasteiger partial charge in [0.15, 0.2) is 5.96 Å². The van der Waals surface area contributed by atoms with Crippen LogP contribution in [0.5, 0.6) is 0 Å². The van der Waals surface area contributed by atoms with Crippen molar-refractivity contribution < 1.29 is 5.11 Å². The monoisotopic (exact) mass is 456 g/mol. The van der Waals surface area contributed by atoms with Crippen LogP contribution in [0.1, 0.15) is 32.6 Å². The number of nitrogens with zero attached hydrogens (tertiary/aromatic N) is 2. The highest BCUT2D eigenvalue weighted by Crippen LogP contribution is 2.35. The lowest BCUT2D eigenvalue weighted by molar-refractivity contribution is 0.00397. The molecule has 0 aromatic rings. The fraction of sp³-hybridized carbons (Fsp3) is 0.938. The predicted molar refractivity (Wildman–Crippen MR) is 111 cm³/mol. The van der Waals surface area contributed by atoms with E-state index in [1.165, 1.54) is 31.0 Å². The summed E-state index contributed by atoms with van der Waals surface area (Å²) < 4.78 is 0. The first-order valence-electron chi connectivity index (χ1n) is 8.57. The van der Waals surface area contributed by atoms with E-state index in [0.29, 0.717) is 0 Å². The molecule has 5 nitrogen and oxygen atoms in total. The summed E-state index contributed by atoms with van der Waals surface area (Å²) in [6.07, 6.45) is 4.19. The van der Waals surface area contributed by atoms with Crippen molar-refractivity contribution in [3.63, 3.8) is 0 Å². The topological polar surface area (TPSA) is 59.9 Å². The van der Waals surface area contributed by atoms with Crippen molar-refractivity contribution in [2.45, 2.75) is 38.7 Å². The summed E-state index contributed by atoms with van der Waals surface area (Å²) in [6, 6.07) is 0. The van der Waals surface area contributed by atoms with Crippen LogP contribution in [0.25, 0.3) is 0 Å². The molecule has 0 aromatic heterocycles. The molecule has 1 aliphatic heterocycles. The summed E-state index contributed by atoms with van der Waals surface area (Å²) in [4.78, 5) is 6.80. The van der Waals surface area contributed by atoms with Crippen LogP contribution in [0.4, 0.5) is 0 Å². The average Bonchev–Trinajstić information content (AvgIpc) is 2.55. The van der Waals surface area contributed by atoms with Gasteiger partial charge in [0, 0.05) is 56.7 Å². The Bertz CT molecular complexity index is 366. The zero-order chi connectivity index (χ0) is 15.8. The zero-order valence-electron chi connectivity index (χ0n) is 14.5. The van der Waals surface area contributed by atoms with E-state index >= 15 is 0 Å². The van der Waals surface area contributed by atoms with E-state index in [-0.39, 0.29) is 35.5 Å². The number of hydrogen-bond donors (Lipinski definition) is 3. The van der Waals surface area contributed by atoms with Crippen LogP contribution >= 0.6 is 35.7 Å². The Labute approximate surface area is 162 Å². The highest BCUT2D eigenvalue weighted by Gasteiger charge is 2.35. The normalized spacial score (nSPS) is 29.7. The van der Waals surface area contributed by atoms with E-state index in [9.17, 15) is 5.11 Å². The molecule has 0 aromatic carbocycles. The van der Waals surface area contributed by atoms with Crippen molar-refractivity contribution >= 4 is 41.7 Å². The van der Waals surface area contributed by atoms with Crippen molar-refractivity contribution in [3.05, 3.63) is 0 Å². The van der Waals surface area contributed by atoms with Gasteiger partial charge in [-0.25, -0.2) is 0 Å². The van der Waals surface area contributed by atoms with Gasteiger partial charge in [-0.15, -0.1) is 24.0 Å². The van der Waals surface area contributed by atoms with E-state index in [1.54, 1.807) is 0 Å². The van der Waals surface area contributed by atoms with Crippen molar-refractivity contribution in [1.29, 1.82) is 0 Å². The van der Waals surface area contributed by atoms with E-state index < -0.39 is 0 Å². The number of aliphatic hydroxyl groups excluding tert-OH is 1. The number of thioether (sulfide) groups is 1. The number of rotatable bonds is 5. The highest BCUT2D eigenvalue weighted by atomic mass is 127. The van der Waals surface area contributed by atoms with Gasteiger partial charge in [0.2, 0.25) is 0 Å². The van der Waals surface area contributed by atoms with Crippen LogP contribution in [0.3, 0.4) is 0 Å². The molecule has 1 heterocycles. The maximum Gasteiger partial charge on any atom is 0.191 e. The third-order valence-corrected chi connectivity index (χ3v) is 5.93. The molecule has 0 bridgehead atoms. The van der Waals surface area contributed by atoms with Crippen molar-refractivity contribution in [3.8, 4) is 0 Å². The van der Waals surface area contributed by atoms with Crippen molar-refractivity contribution in [2.75, 3.05) is 51.3 Å². The van der Waals surface area contributed by atoms with E-state index in [0.717, 1.165) is 44.9 Å². The Balaban J connectivity index is 0.00000264. The van der Waals surface area contributed by atoms with Gasteiger partial charge in [-0.2, -0.15) is 11.8 Å². The third kappa shape index (κ3) is 6.96. The largest absolute Gasteiger partial charge is 0.392 e. The molecule has 23 heavy (non-hydrogen) atoms. The van der Waals surface area contributed by atoms with E-state index in [2.05, 4.69) is 27.4 Å². The number of aliphatic hydroxyl groups is 1. The molecule has 2 atom stereocenters. The Hall–Kier alpha value is 0.270. The molecule has 136 valence electrons. The second kappa shape index (κ2) is 11.0. The number of hydrogen-bond acceptors (Lipinski definition) is 4. The van der Waals surface area contributed by atoms with Crippen LogP contribution in [0.2, 0.25) is 0 Å². The Kier molecular flexibility index (Phi) is 10.2. The van der Waals surface area contributed by atoms with Crippen molar-refractivity contribution in [1.82, 2.24) is 15.5 Å². The minimum Gasteiger partial charge on any atom is -0.392 e. The average molecular weight is 456 g/mol. The molecular weight excluding hydrogens is 423 g/mol. The molecule has 1 aliphatic carbocycles.